The predicted molar refractivity (Wildman–Crippen MR) is 54.8 cm³/mol. The molecule has 0 fully saturated rings. The van der Waals surface area contributed by atoms with Gasteiger partial charge in [-0.25, -0.2) is 4.39 Å². The predicted octanol–water partition coefficient (Wildman–Crippen LogP) is 3.00. The molecule has 1 N–H and O–H groups in total. The lowest BCUT2D eigenvalue weighted by atomic mass is 9.86. The van der Waals surface area contributed by atoms with E-state index < -0.39 is 0 Å². The van der Waals surface area contributed by atoms with Crippen LogP contribution in [0.2, 0.25) is 0 Å². The zero-order valence-corrected chi connectivity index (χ0v) is 8.56. The lowest BCUT2D eigenvalue weighted by molar-refractivity contribution is 0.529. The molecule has 0 aliphatic carbocycles. The fourth-order valence-electron chi connectivity index (χ4n) is 1.56. The maximum atomic E-state index is 13.9. The first-order chi connectivity index (χ1) is 6.50. The third-order valence-electron chi connectivity index (χ3n) is 2.37. The summed E-state index contributed by atoms with van der Waals surface area (Å²) >= 11 is 0. The number of nitrogens with zero attached hydrogens (tertiary/aromatic N) is 1. The highest BCUT2D eigenvalue weighted by Crippen LogP contribution is 2.28. The molecule has 0 unspecified atom stereocenters. The fraction of sp³-hybridized carbons (Fsp3) is 0.364. The average molecular weight is 192 g/mol. The third kappa shape index (κ3) is 1.29. The van der Waals surface area contributed by atoms with Gasteiger partial charge in [-0.1, -0.05) is 26.8 Å². The van der Waals surface area contributed by atoms with Crippen LogP contribution in [0.5, 0.6) is 0 Å². The van der Waals surface area contributed by atoms with Crippen LogP contribution in [0.3, 0.4) is 0 Å². The molecule has 0 radical (unpaired) electrons. The molecule has 0 aliphatic heterocycles. The van der Waals surface area contributed by atoms with Crippen molar-refractivity contribution < 1.29 is 4.39 Å². The van der Waals surface area contributed by atoms with Crippen molar-refractivity contribution >= 4 is 10.9 Å². The molecule has 3 heteroatoms. The van der Waals surface area contributed by atoms with Gasteiger partial charge in [0.15, 0.2) is 0 Å². The molecule has 2 rings (SSSR count). The van der Waals surface area contributed by atoms with Crippen LogP contribution >= 0.6 is 0 Å². The minimum atomic E-state index is -0.171. The Bertz CT molecular complexity index is 466. The quantitative estimate of drug-likeness (QED) is 0.683. The van der Waals surface area contributed by atoms with Crippen LogP contribution in [-0.4, -0.2) is 10.2 Å². The molecule has 14 heavy (non-hydrogen) atoms. The number of fused-ring (bicyclic) bond motifs is 1. The van der Waals surface area contributed by atoms with E-state index in [0.29, 0.717) is 5.39 Å². The van der Waals surface area contributed by atoms with Gasteiger partial charge in [0.1, 0.15) is 5.82 Å². The number of aromatic nitrogens is 2. The van der Waals surface area contributed by atoms with E-state index >= 15 is 0 Å². The molecular weight excluding hydrogens is 179 g/mol. The monoisotopic (exact) mass is 192 g/mol. The summed E-state index contributed by atoms with van der Waals surface area (Å²) < 4.78 is 13.9. The first-order valence-electron chi connectivity index (χ1n) is 4.62. The van der Waals surface area contributed by atoms with Crippen molar-refractivity contribution in [2.24, 2.45) is 0 Å². The Hall–Kier alpha value is -1.38. The number of rotatable bonds is 0. The summed E-state index contributed by atoms with van der Waals surface area (Å²) in [5, 5.41) is 7.14. The smallest absolute Gasteiger partial charge is 0.137 e. The van der Waals surface area contributed by atoms with Crippen LogP contribution < -0.4 is 0 Å². The highest BCUT2D eigenvalue weighted by atomic mass is 19.1. The number of H-pyrrole nitrogens is 1. The second kappa shape index (κ2) is 2.80. The van der Waals surface area contributed by atoms with Gasteiger partial charge in [-0.15, -0.1) is 0 Å². The van der Waals surface area contributed by atoms with E-state index in [1.54, 1.807) is 0 Å². The zero-order valence-electron chi connectivity index (χ0n) is 8.56. The molecule has 0 bridgehead atoms. The Morgan fingerprint density at radius 2 is 2.00 bits per heavy atom. The first kappa shape index (κ1) is 9.19. The topological polar surface area (TPSA) is 28.7 Å². The van der Waals surface area contributed by atoms with Gasteiger partial charge in [-0.05, 0) is 17.0 Å². The molecule has 0 saturated heterocycles. The maximum absolute atomic E-state index is 13.9. The minimum absolute atomic E-state index is 0.163. The second-order valence-electron chi connectivity index (χ2n) is 4.51. The lowest BCUT2D eigenvalue weighted by Gasteiger charge is -2.19. The van der Waals surface area contributed by atoms with Gasteiger partial charge >= 0.3 is 0 Å². The Kier molecular flexibility index (Phi) is 1.84. The molecule has 2 aromatic rings. The van der Waals surface area contributed by atoms with Crippen LogP contribution in [0.1, 0.15) is 26.3 Å². The van der Waals surface area contributed by atoms with Gasteiger partial charge in [0, 0.05) is 0 Å². The van der Waals surface area contributed by atoms with E-state index in [1.165, 1.54) is 6.20 Å². The summed E-state index contributed by atoms with van der Waals surface area (Å²) in [6.45, 7) is 5.99. The van der Waals surface area contributed by atoms with Crippen molar-refractivity contribution in [2.45, 2.75) is 26.2 Å². The van der Waals surface area contributed by atoms with Crippen LogP contribution in [0, 0.1) is 5.82 Å². The van der Waals surface area contributed by atoms with Crippen LogP contribution in [0.4, 0.5) is 4.39 Å². The average Bonchev–Trinajstić information content (AvgIpc) is 2.50. The second-order valence-corrected chi connectivity index (χ2v) is 4.51. The summed E-state index contributed by atoms with van der Waals surface area (Å²) in [4.78, 5) is 0. The molecule has 1 heterocycles. The first-order valence-corrected chi connectivity index (χ1v) is 4.62. The normalized spacial score (nSPS) is 12.3. The summed E-state index contributed by atoms with van der Waals surface area (Å²) in [5.41, 5.74) is 1.30. The van der Waals surface area contributed by atoms with Crippen molar-refractivity contribution in [2.75, 3.05) is 0 Å². The molecule has 0 atom stereocenters. The van der Waals surface area contributed by atoms with E-state index in [9.17, 15) is 4.39 Å². The number of benzene rings is 1. The molecule has 1 aromatic heterocycles. The van der Waals surface area contributed by atoms with Gasteiger partial charge in [0.05, 0.1) is 17.1 Å². The van der Waals surface area contributed by atoms with Crippen molar-refractivity contribution in [1.29, 1.82) is 0 Å². The van der Waals surface area contributed by atoms with Crippen molar-refractivity contribution in [3.8, 4) is 0 Å². The minimum Gasteiger partial charge on any atom is -0.278 e. The summed E-state index contributed by atoms with van der Waals surface area (Å²) in [5.74, 6) is -0.163. The summed E-state index contributed by atoms with van der Waals surface area (Å²) in [6.07, 6.45) is 1.53. The highest BCUT2D eigenvalue weighted by molar-refractivity contribution is 5.79. The molecule has 2 nitrogen and oxygen atoms in total. The van der Waals surface area contributed by atoms with E-state index in [2.05, 4.69) is 10.2 Å². The van der Waals surface area contributed by atoms with Gasteiger partial charge in [0.2, 0.25) is 0 Å². The van der Waals surface area contributed by atoms with Gasteiger partial charge in [0.25, 0.3) is 0 Å². The van der Waals surface area contributed by atoms with Crippen molar-refractivity contribution in [1.82, 2.24) is 10.2 Å². The molecule has 1 aromatic carbocycles. The summed E-state index contributed by atoms with van der Waals surface area (Å²) in [6, 6.07) is 3.68. The van der Waals surface area contributed by atoms with Crippen molar-refractivity contribution in [3.63, 3.8) is 0 Å². The molecule has 0 spiro atoms. The largest absolute Gasteiger partial charge is 0.278 e. The number of hydrogen-bond donors (Lipinski definition) is 1. The van der Waals surface area contributed by atoms with E-state index in [0.717, 1.165) is 11.1 Å². The molecule has 0 aliphatic rings. The highest BCUT2D eigenvalue weighted by Gasteiger charge is 2.20. The van der Waals surface area contributed by atoms with Crippen LogP contribution in [0.15, 0.2) is 18.3 Å². The standard InChI is InChI=1S/C11H13FN2/c1-11(2,3)8-4-5-9-7(10(8)12)6-13-14-9/h4-6H,1-3H3,(H,13,14). The third-order valence-corrected chi connectivity index (χ3v) is 2.37. The fourth-order valence-corrected chi connectivity index (χ4v) is 1.56. The molecule has 0 saturated carbocycles. The Morgan fingerprint density at radius 1 is 1.29 bits per heavy atom. The molecule has 74 valence electrons. The Morgan fingerprint density at radius 3 is 2.64 bits per heavy atom. The number of aromatic amines is 1. The molecule has 0 amide bonds. The van der Waals surface area contributed by atoms with E-state index in [1.807, 2.05) is 32.9 Å². The number of nitrogens with one attached hydrogen (secondary N) is 1. The maximum Gasteiger partial charge on any atom is 0.137 e. The van der Waals surface area contributed by atoms with E-state index in [4.69, 9.17) is 0 Å². The lowest BCUT2D eigenvalue weighted by Crippen LogP contribution is -2.13. The van der Waals surface area contributed by atoms with Crippen molar-refractivity contribution in [3.05, 3.63) is 29.7 Å². The Balaban J connectivity index is 2.74. The number of halogens is 1. The van der Waals surface area contributed by atoms with Crippen LogP contribution in [-0.2, 0) is 5.41 Å². The zero-order chi connectivity index (χ0) is 10.3. The van der Waals surface area contributed by atoms with E-state index in [-0.39, 0.29) is 11.2 Å². The Labute approximate surface area is 82.1 Å². The van der Waals surface area contributed by atoms with Gasteiger partial charge in [-0.2, -0.15) is 5.10 Å². The molecular formula is C11H13FN2. The SMILES string of the molecule is CC(C)(C)c1ccc2[nH]ncc2c1F. The van der Waals surface area contributed by atoms with Crippen LogP contribution in [0.25, 0.3) is 10.9 Å². The van der Waals surface area contributed by atoms with Gasteiger partial charge < -0.3 is 0 Å². The number of hydrogen-bond acceptors (Lipinski definition) is 1. The summed E-state index contributed by atoms with van der Waals surface area (Å²) in [7, 11) is 0. The van der Waals surface area contributed by atoms with Gasteiger partial charge in [-0.3, -0.25) is 5.10 Å².